The number of carbonyl (C=O) groups excluding carboxylic acids is 1. The fourth-order valence-electron chi connectivity index (χ4n) is 5.54. The van der Waals surface area contributed by atoms with Crippen LogP contribution in [-0.4, -0.2) is 55.7 Å². The Bertz CT molecular complexity index is 1920. The summed E-state index contributed by atoms with van der Waals surface area (Å²) in [6.07, 6.45) is 0.649. The lowest BCUT2D eigenvalue weighted by Gasteiger charge is -2.36. The smallest absolute Gasteiger partial charge is 0.354 e. The van der Waals surface area contributed by atoms with E-state index < -0.39 is 30.1 Å². The van der Waals surface area contributed by atoms with Gasteiger partial charge < -0.3 is 13.7 Å². The molecule has 2 aromatic heterocycles. The van der Waals surface area contributed by atoms with Gasteiger partial charge in [0.25, 0.3) is 5.69 Å². The Morgan fingerprint density at radius 2 is 1.79 bits per heavy atom. The minimum Gasteiger partial charge on any atom is -0.464 e. The molecule has 2 heterocycles. The second kappa shape index (κ2) is 13.8. The lowest BCUT2D eigenvalue weighted by atomic mass is 9.96. The van der Waals surface area contributed by atoms with Crippen LogP contribution in [0.3, 0.4) is 0 Å². The quantitative estimate of drug-likeness (QED) is 0.0418. The van der Waals surface area contributed by atoms with Crippen LogP contribution in [-0.2, 0) is 40.2 Å². The van der Waals surface area contributed by atoms with Crippen LogP contribution in [0.15, 0.2) is 36.4 Å². The molecule has 4 rings (SSSR count). The van der Waals surface area contributed by atoms with E-state index in [-0.39, 0.29) is 23.0 Å². The van der Waals surface area contributed by atoms with Crippen LogP contribution in [0.25, 0.3) is 22.0 Å². The Morgan fingerprint density at radius 3 is 2.38 bits per heavy atom. The van der Waals surface area contributed by atoms with Gasteiger partial charge in [-0.2, -0.15) is 5.10 Å². The summed E-state index contributed by atoms with van der Waals surface area (Å²) in [7, 11) is -2.21. The van der Waals surface area contributed by atoms with Crippen LogP contribution in [0.1, 0.15) is 54.6 Å². The Morgan fingerprint density at radius 1 is 1.13 bits per heavy atom. The van der Waals surface area contributed by atoms with E-state index in [1.807, 2.05) is 24.5 Å². The standard InChI is InChI=1S/C32H42ClN5O7SSi/c1-20-27-26(36(30(20)31(39)44-7)17-12-18-45-47(8,9)32(3,4)5)16-15-22(33)29(27)28-21(2)35(6)34-23(28)19-37(46(42)43)24-13-10-11-14-25(24)38(40)41/h10-11,13-16,46H,12,17-19H2,1-9H3. The minimum atomic E-state index is -3.30. The number of hydrogen-bond acceptors (Lipinski definition) is 8. The van der Waals surface area contributed by atoms with Crippen LogP contribution < -0.4 is 4.31 Å². The number of esters is 1. The number of carbonyl (C=O) groups is 1. The normalized spacial score (nSPS) is 12.2. The number of nitrogens with zero attached hydrogens (tertiary/aromatic N) is 5. The SMILES string of the molecule is COC(=O)c1c(C)c2c(-c3c(CN(c4ccccc4[N+](=O)[O-])[SH](=O)=O)nn(C)c3C)c(Cl)ccc2n1CCCO[Si](C)(C)C(C)(C)C. The Hall–Kier alpha value is -3.72. The van der Waals surface area contributed by atoms with Crippen molar-refractivity contribution in [2.24, 2.45) is 7.05 Å². The first-order valence-electron chi connectivity index (χ1n) is 15.1. The Kier molecular flexibility index (Phi) is 10.6. The molecule has 0 saturated carbocycles. The number of para-hydroxylation sites is 2. The van der Waals surface area contributed by atoms with Crippen molar-refractivity contribution < 1.29 is 27.3 Å². The van der Waals surface area contributed by atoms with E-state index in [1.54, 1.807) is 17.8 Å². The number of benzene rings is 2. The summed E-state index contributed by atoms with van der Waals surface area (Å²) in [5.74, 6) is -0.500. The van der Waals surface area contributed by atoms with Gasteiger partial charge >= 0.3 is 5.97 Å². The summed E-state index contributed by atoms with van der Waals surface area (Å²) in [5.41, 5.74) is 3.51. The number of anilines is 1. The van der Waals surface area contributed by atoms with Gasteiger partial charge in [0.15, 0.2) is 8.32 Å². The second-order valence-electron chi connectivity index (χ2n) is 13.0. The molecule has 4 aromatic rings. The average molecular weight is 704 g/mol. The molecule has 0 bridgehead atoms. The number of ether oxygens (including phenoxy) is 1. The lowest BCUT2D eigenvalue weighted by Crippen LogP contribution is -2.41. The maximum atomic E-state index is 13.2. The molecule has 0 unspecified atom stereocenters. The first-order valence-corrected chi connectivity index (χ1v) is 19.6. The van der Waals surface area contributed by atoms with Crippen molar-refractivity contribution in [1.29, 1.82) is 0 Å². The predicted octanol–water partition coefficient (Wildman–Crippen LogP) is 6.95. The van der Waals surface area contributed by atoms with Gasteiger partial charge in [0, 0.05) is 59.0 Å². The molecule has 0 spiro atoms. The van der Waals surface area contributed by atoms with E-state index in [4.69, 9.17) is 20.8 Å². The highest BCUT2D eigenvalue weighted by Crippen LogP contribution is 2.43. The van der Waals surface area contributed by atoms with Crippen LogP contribution in [0, 0.1) is 24.0 Å². The number of fused-ring (bicyclic) bond motifs is 1. The van der Waals surface area contributed by atoms with Crippen LogP contribution >= 0.6 is 11.6 Å². The predicted molar refractivity (Wildman–Crippen MR) is 187 cm³/mol. The van der Waals surface area contributed by atoms with Crippen molar-refractivity contribution in [3.8, 4) is 11.1 Å². The van der Waals surface area contributed by atoms with Gasteiger partial charge in [-0.05, 0) is 62.2 Å². The fourth-order valence-corrected chi connectivity index (χ4v) is 7.47. The molecule has 0 saturated heterocycles. The van der Waals surface area contributed by atoms with Crippen molar-refractivity contribution in [2.75, 3.05) is 18.0 Å². The summed E-state index contributed by atoms with van der Waals surface area (Å²) >= 11 is 6.94. The van der Waals surface area contributed by atoms with Crippen LogP contribution in [0.5, 0.6) is 0 Å². The van der Waals surface area contributed by atoms with Crippen molar-refractivity contribution in [3.63, 3.8) is 0 Å². The Labute approximate surface area is 282 Å². The van der Waals surface area contributed by atoms with Gasteiger partial charge in [-0.25, -0.2) is 13.2 Å². The molecule has 0 aliphatic carbocycles. The first kappa shape index (κ1) is 36.1. The maximum Gasteiger partial charge on any atom is 0.354 e. The second-order valence-corrected chi connectivity index (χ2v) is 19.1. The summed E-state index contributed by atoms with van der Waals surface area (Å²) in [6, 6.07) is 9.24. The molecule has 0 radical (unpaired) electrons. The van der Waals surface area contributed by atoms with E-state index in [9.17, 15) is 23.3 Å². The molecule has 0 N–H and O–H groups in total. The van der Waals surface area contributed by atoms with E-state index in [2.05, 4.69) is 39.0 Å². The third-order valence-electron chi connectivity index (χ3n) is 9.11. The molecule has 254 valence electrons. The Balaban J connectivity index is 1.88. The van der Waals surface area contributed by atoms with Crippen molar-refractivity contribution in [3.05, 3.63) is 74.2 Å². The number of nitro benzene ring substituents is 1. The third-order valence-corrected chi connectivity index (χ3v) is 14.7. The molecule has 0 amide bonds. The summed E-state index contributed by atoms with van der Waals surface area (Å²) in [4.78, 5) is 24.4. The molecule has 15 heteroatoms. The van der Waals surface area contributed by atoms with E-state index in [1.165, 1.54) is 31.4 Å². The minimum absolute atomic E-state index is 0.0617. The molecular weight excluding hydrogens is 662 g/mol. The van der Waals surface area contributed by atoms with Crippen molar-refractivity contribution in [1.82, 2.24) is 14.3 Å². The molecule has 2 aromatic carbocycles. The van der Waals surface area contributed by atoms with Crippen LogP contribution in [0.2, 0.25) is 23.2 Å². The highest BCUT2D eigenvalue weighted by Gasteiger charge is 2.37. The highest BCUT2D eigenvalue weighted by atomic mass is 35.5. The van der Waals surface area contributed by atoms with E-state index in [0.29, 0.717) is 63.8 Å². The number of methoxy groups -OCH3 is 1. The number of aromatic nitrogens is 3. The van der Waals surface area contributed by atoms with Crippen LogP contribution in [0.4, 0.5) is 11.4 Å². The zero-order valence-electron chi connectivity index (χ0n) is 28.2. The van der Waals surface area contributed by atoms with Gasteiger partial charge in [-0.15, -0.1) is 0 Å². The highest BCUT2D eigenvalue weighted by molar-refractivity contribution is 7.74. The number of thiol groups is 1. The fraction of sp³-hybridized carbons (Fsp3) is 0.438. The summed E-state index contributed by atoms with van der Waals surface area (Å²) < 4.78 is 41.2. The number of hydrogen-bond donors (Lipinski definition) is 1. The zero-order valence-corrected chi connectivity index (χ0v) is 30.9. The third kappa shape index (κ3) is 6.96. The molecule has 0 aliphatic heterocycles. The molecule has 47 heavy (non-hydrogen) atoms. The van der Waals surface area contributed by atoms with Gasteiger partial charge in [0.1, 0.15) is 11.4 Å². The number of aryl methyl sites for hydroxylation is 3. The lowest BCUT2D eigenvalue weighted by molar-refractivity contribution is -0.384. The summed E-state index contributed by atoms with van der Waals surface area (Å²) in [6.45, 7) is 15.3. The number of halogens is 1. The zero-order chi connectivity index (χ0) is 35.0. The van der Waals surface area contributed by atoms with E-state index >= 15 is 0 Å². The van der Waals surface area contributed by atoms with E-state index in [0.717, 1.165) is 9.82 Å². The van der Waals surface area contributed by atoms with Crippen molar-refractivity contribution in [2.45, 2.75) is 72.3 Å². The first-order chi connectivity index (χ1) is 21.9. The van der Waals surface area contributed by atoms with Crippen molar-refractivity contribution >= 4 is 59.1 Å². The number of rotatable bonds is 12. The molecule has 0 aliphatic rings. The van der Waals surface area contributed by atoms with Gasteiger partial charge in [-0.3, -0.25) is 19.1 Å². The van der Waals surface area contributed by atoms with Gasteiger partial charge in [0.2, 0.25) is 10.9 Å². The maximum absolute atomic E-state index is 13.2. The molecule has 0 atom stereocenters. The largest absolute Gasteiger partial charge is 0.464 e. The van der Waals surface area contributed by atoms with Gasteiger partial charge in [0.05, 0.1) is 24.3 Å². The molecular formula is C32H42ClN5O7SSi. The van der Waals surface area contributed by atoms with Gasteiger partial charge in [-0.1, -0.05) is 44.5 Å². The molecule has 0 fully saturated rings. The number of nitro groups is 1. The molecule has 12 nitrogen and oxygen atoms in total. The average Bonchev–Trinajstić information content (AvgIpc) is 3.44. The monoisotopic (exact) mass is 703 g/mol. The topological polar surface area (TPSA) is 139 Å². The summed E-state index contributed by atoms with van der Waals surface area (Å²) in [5, 5.41) is 17.5.